The average Bonchev–Trinajstić information content (AvgIpc) is 3.22. The van der Waals surface area contributed by atoms with Gasteiger partial charge >= 0.3 is 0 Å². The van der Waals surface area contributed by atoms with Crippen LogP contribution in [-0.4, -0.2) is 32.2 Å². The lowest BCUT2D eigenvalue weighted by Crippen LogP contribution is -2.54. The molecule has 0 bridgehead atoms. The molecule has 0 fully saturated rings. The van der Waals surface area contributed by atoms with Crippen LogP contribution in [0.1, 0.15) is 38.1 Å². The van der Waals surface area contributed by atoms with Crippen LogP contribution in [0.15, 0.2) is 30.6 Å². The lowest BCUT2D eigenvalue weighted by molar-refractivity contribution is 0.248. The first-order valence-electron chi connectivity index (χ1n) is 9.38. The summed E-state index contributed by atoms with van der Waals surface area (Å²) in [5, 5.41) is 9.58. The molecule has 1 aromatic carbocycles. The number of nitrogens with one attached hydrogen (secondary N) is 1. The van der Waals surface area contributed by atoms with Gasteiger partial charge in [0.1, 0.15) is 16.9 Å². The van der Waals surface area contributed by atoms with E-state index in [0.717, 1.165) is 33.6 Å². The van der Waals surface area contributed by atoms with E-state index in [1.54, 1.807) is 29.3 Å². The largest absolute Gasteiger partial charge is 0.497 e. The molecular formula is C21H23N5OS. The summed E-state index contributed by atoms with van der Waals surface area (Å²) in [5.74, 6) is 1.52. The van der Waals surface area contributed by atoms with Crippen LogP contribution in [0.3, 0.4) is 0 Å². The van der Waals surface area contributed by atoms with Crippen LogP contribution >= 0.6 is 11.3 Å². The van der Waals surface area contributed by atoms with Crippen LogP contribution in [0.5, 0.6) is 5.75 Å². The third-order valence-electron chi connectivity index (χ3n) is 5.31. The van der Waals surface area contributed by atoms with Gasteiger partial charge in [-0.15, -0.1) is 16.4 Å². The number of methoxy groups -OCH3 is 1. The maximum absolute atomic E-state index is 5.25. The maximum atomic E-state index is 5.25. The highest BCUT2D eigenvalue weighted by Crippen LogP contribution is 2.44. The van der Waals surface area contributed by atoms with Crippen molar-refractivity contribution in [3.05, 3.63) is 41.0 Å². The van der Waals surface area contributed by atoms with Gasteiger partial charge in [-0.2, -0.15) is 0 Å². The summed E-state index contributed by atoms with van der Waals surface area (Å²) in [6.07, 6.45) is 2.71. The third kappa shape index (κ3) is 2.61. The molecule has 0 spiro atoms. The summed E-state index contributed by atoms with van der Waals surface area (Å²) >= 11 is 1.76. The number of hydrogen-bond donors (Lipinski definition) is 1. The Hall–Kier alpha value is -2.51. The second-order valence-electron chi connectivity index (χ2n) is 8.58. The van der Waals surface area contributed by atoms with Crippen LogP contribution < -0.4 is 10.1 Å². The number of thiophene rings is 1. The summed E-state index contributed by atoms with van der Waals surface area (Å²) in [6, 6.07) is 7.82. The molecule has 1 aliphatic heterocycles. The quantitative estimate of drug-likeness (QED) is 0.554. The fourth-order valence-corrected chi connectivity index (χ4v) is 5.59. The topological polar surface area (TPSA) is 64.3 Å². The van der Waals surface area contributed by atoms with Crippen molar-refractivity contribution in [2.24, 2.45) is 0 Å². The fraction of sp³-hybridized carbons (Fsp3) is 0.381. The minimum Gasteiger partial charge on any atom is -0.497 e. The lowest BCUT2D eigenvalue weighted by Gasteiger charge is -2.42. The third-order valence-corrected chi connectivity index (χ3v) is 6.78. The number of fused-ring (bicyclic) bond motifs is 5. The van der Waals surface area contributed by atoms with E-state index in [1.165, 1.54) is 10.4 Å². The van der Waals surface area contributed by atoms with Gasteiger partial charge in [0.25, 0.3) is 0 Å². The molecule has 0 saturated heterocycles. The molecule has 5 rings (SSSR count). The Bertz CT molecular complexity index is 1200. The second-order valence-corrected chi connectivity index (χ2v) is 9.58. The van der Waals surface area contributed by atoms with Gasteiger partial charge < -0.3 is 10.1 Å². The van der Waals surface area contributed by atoms with E-state index in [0.29, 0.717) is 5.82 Å². The summed E-state index contributed by atoms with van der Waals surface area (Å²) in [4.78, 5) is 12.0. The molecule has 144 valence electrons. The minimum absolute atomic E-state index is 0.0101. The predicted molar refractivity (Wildman–Crippen MR) is 112 cm³/mol. The molecule has 6 nitrogen and oxygen atoms in total. The normalized spacial score (nSPS) is 17.8. The standard InChI is InChI=1S/C21H23N5OS/c1-20(2)10-14-15-18-23-17(12-6-8-13(27-5)9-7-12)24-26(18)11-22-19(15)28-16(14)21(3,4)25-20/h6-9,11,25H,10H2,1-5H3. The molecule has 4 aromatic rings. The Morgan fingerprint density at radius 2 is 1.89 bits per heavy atom. The van der Waals surface area contributed by atoms with Gasteiger partial charge in [-0.3, -0.25) is 0 Å². The molecule has 28 heavy (non-hydrogen) atoms. The van der Waals surface area contributed by atoms with Crippen LogP contribution in [0.2, 0.25) is 0 Å². The van der Waals surface area contributed by atoms with Gasteiger partial charge in [-0.05, 0) is 63.9 Å². The van der Waals surface area contributed by atoms with Crippen LogP contribution in [0.25, 0.3) is 27.3 Å². The molecule has 0 radical (unpaired) electrons. The SMILES string of the molecule is COc1ccc(-c2nc3c4c5c(sc4ncn3n2)C(C)(C)NC(C)(C)C5)cc1. The molecule has 0 saturated carbocycles. The summed E-state index contributed by atoms with van der Waals surface area (Å²) in [5.41, 5.74) is 3.10. The molecule has 0 unspecified atom stereocenters. The summed E-state index contributed by atoms with van der Waals surface area (Å²) in [7, 11) is 1.66. The van der Waals surface area contributed by atoms with Crippen LogP contribution in [0, 0.1) is 0 Å². The predicted octanol–water partition coefficient (Wildman–Crippen LogP) is 4.17. The lowest BCUT2D eigenvalue weighted by atomic mass is 9.82. The van der Waals surface area contributed by atoms with Gasteiger partial charge in [0.05, 0.1) is 12.5 Å². The van der Waals surface area contributed by atoms with E-state index in [-0.39, 0.29) is 11.1 Å². The zero-order valence-electron chi connectivity index (χ0n) is 16.7. The molecule has 3 aromatic heterocycles. The Morgan fingerprint density at radius 3 is 2.61 bits per heavy atom. The molecular weight excluding hydrogens is 370 g/mol. The van der Waals surface area contributed by atoms with E-state index in [4.69, 9.17) is 14.7 Å². The van der Waals surface area contributed by atoms with Gasteiger partial charge in [0.2, 0.25) is 0 Å². The van der Waals surface area contributed by atoms with Crippen molar-refractivity contribution in [2.75, 3.05) is 7.11 Å². The number of hydrogen-bond acceptors (Lipinski definition) is 6. The number of rotatable bonds is 2. The Labute approximate surface area is 167 Å². The molecule has 7 heteroatoms. The van der Waals surface area contributed by atoms with E-state index < -0.39 is 0 Å². The van der Waals surface area contributed by atoms with Crippen molar-refractivity contribution in [3.63, 3.8) is 0 Å². The smallest absolute Gasteiger partial charge is 0.182 e. The zero-order chi connectivity index (χ0) is 19.7. The number of nitrogens with zero attached hydrogens (tertiary/aromatic N) is 4. The van der Waals surface area contributed by atoms with Crippen molar-refractivity contribution in [1.82, 2.24) is 24.9 Å². The van der Waals surface area contributed by atoms with E-state index in [9.17, 15) is 0 Å². The highest BCUT2D eigenvalue weighted by Gasteiger charge is 2.39. The molecule has 0 amide bonds. The second kappa shape index (κ2) is 5.75. The molecule has 4 heterocycles. The van der Waals surface area contributed by atoms with E-state index in [2.05, 4.69) is 38.1 Å². The monoisotopic (exact) mass is 393 g/mol. The van der Waals surface area contributed by atoms with Gasteiger partial charge in [-0.25, -0.2) is 14.5 Å². The number of ether oxygens (including phenoxy) is 1. The first-order valence-corrected chi connectivity index (χ1v) is 10.2. The highest BCUT2D eigenvalue weighted by atomic mass is 32.1. The summed E-state index contributed by atoms with van der Waals surface area (Å²) in [6.45, 7) is 8.99. The minimum atomic E-state index is -0.0989. The van der Waals surface area contributed by atoms with Crippen molar-refractivity contribution in [3.8, 4) is 17.1 Å². The highest BCUT2D eigenvalue weighted by molar-refractivity contribution is 7.19. The Kier molecular flexibility index (Phi) is 3.61. The Balaban J connectivity index is 1.74. The van der Waals surface area contributed by atoms with Crippen molar-refractivity contribution in [1.29, 1.82) is 0 Å². The first-order chi connectivity index (χ1) is 13.3. The molecule has 1 aliphatic rings. The summed E-state index contributed by atoms with van der Waals surface area (Å²) < 4.78 is 7.05. The van der Waals surface area contributed by atoms with Crippen LogP contribution in [-0.2, 0) is 12.0 Å². The van der Waals surface area contributed by atoms with Crippen molar-refractivity contribution in [2.45, 2.75) is 45.2 Å². The number of aromatic nitrogens is 4. The maximum Gasteiger partial charge on any atom is 0.182 e. The van der Waals surface area contributed by atoms with Gasteiger partial charge in [0, 0.05) is 21.5 Å². The average molecular weight is 394 g/mol. The fourth-order valence-electron chi connectivity index (χ4n) is 4.38. The molecule has 0 aliphatic carbocycles. The van der Waals surface area contributed by atoms with E-state index in [1.807, 2.05) is 24.3 Å². The zero-order valence-corrected chi connectivity index (χ0v) is 17.5. The van der Waals surface area contributed by atoms with Gasteiger partial charge in [0.15, 0.2) is 11.5 Å². The Morgan fingerprint density at radius 1 is 1.14 bits per heavy atom. The molecule has 1 N–H and O–H groups in total. The van der Waals surface area contributed by atoms with Crippen LogP contribution in [0.4, 0.5) is 0 Å². The first kappa shape index (κ1) is 17.6. The molecule has 0 atom stereocenters. The van der Waals surface area contributed by atoms with Gasteiger partial charge in [-0.1, -0.05) is 0 Å². The van der Waals surface area contributed by atoms with Crippen molar-refractivity contribution < 1.29 is 4.74 Å². The number of benzene rings is 1. The van der Waals surface area contributed by atoms with Crippen molar-refractivity contribution >= 4 is 27.2 Å². The van der Waals surface area contributed by atoms with E-state index >= 15 is 0 Å².